The van der Waals surface area contributed by atoms with Crippen LogP contribution >= 0.6 is 0 Å². The Morgan fingerprint density at radius 3 is 2.39 bits per heavy atom. The van der Waals surface area contributed by atoms with Crippen LogP contribution in [-0.4, -0.2) is 23.3 Å². The molecular formula is C16H31NO. The first-order valence-electron chi connectivity index (χ1n) is 8.14. The summed E-state index contributed by atoms with van der Waals surface area (Å²) in [6.45, 7) is 3.20. The van der Waals surface area contributed by atoms with Crippen molar-refractivity contribution in [1.29, 1.82) is 0 Å². The van der Waals surface area contributed by atoms with Crippen molar-refractivity contribution in [3.05, 3.63) is 0 Å². The predicted octanol–water partition coefficient (Wildman–Crippen LogP) is 3.63. The summed E-state index contributed by atoms with van der Waals surface area (Å²) in [4.78, 5) is 0. The smallest absolute Gasteiger partial charge is 0.0771 e. The first-order valence-corrected chi connectivity index (χ1v) is 8.14. The van der Waals surface area contributed by atoms with E-state index in [9.17, 15) is 5.11 Å². The Hall–Kier alpha value is -0.0800. The SMILES string of the molecule is CC1CCCC(NCC2(O)CCCCCC2)CC1. The molecule has 2 fully saturated rings. The monoisotopic (exact) mass is 253 g/mol. The zero-order valence-electron chi connectivity index (χ0n) is 12.1. The van der Waals surface area contributed by atoms with Gasteiger partial charge >= 0.3 is 0 Å². The van der Waals surface area contributed by atoms with Gasteiger partial charge < -0.3 is 10.4 Å². The normalized spacial score (nSPS) is 33.7. The molecule has 2 N–H and O–H groups in total. The summed E-state index contributed by atoms with van der Waals surface area (Å²) in [6.07, 6.45) is 13.8. The van der Waals surface area contributed by atoms with Crippen molar-refractivity contribution in [3.8, 4) is 0 Å². The molecular weight excluding hydrogens is 222 g/mol. The second kappa shape index (κ2) is 6.91. The van der Waals surface area contributed by atoms with E-state index in [0.717, 1.165) is 25.3 Å². The lowest BCUT2D eigenvalue weighted by molar-refractivity contribution is 0.0222. The molecule has 2 aliphatic carbocycles. The molecule has 0 bridgehead atoms. The summed E-state index contributed by atoms with van der Waals surface area (Å²) >= 11 is 0. The Balaban J connectivity index is 1.75. The molecule has 0 aromatic rings. The van der Waals surface area contributed by atoms with E-state index in [2.05, 4.69) is 12.2 Å². The molecule has 0 aliphatic heterocycles. The van der Waals surface area contributed by atoms with Crippen LogP contribution in [-0.2, 0) is 0 Å². The van der Waals surface area contributed by atoms with Crippen molar-refractivity contribution in [2.45, 2.75) is 89.2 Å². The molecule has 0 aromatic carbocycles. The van der Waals surface area contributed by atoms with Gasteiger partial charge in [-0.3, -0.25) is 0 Å². The topological polar surface area (TPSA) is 32.3 Å². The molecule has 0 spiro atoms. The van der Waals surface area contributed by atoms with Crippen LogP contribution in [0.4, 0.5) is 0 Å². The lowest BCUT2D eigenvalue weighted by atomic mass is 9.93. The molecule has 0 aromatic heterocycles. The van der Waals surface area contributed by atoms with Gasteiger partial charge in [0.25, 0.3) is 0 Å². The van der Waals surface area contributed by atoms with Gasteiger partial charge in [0, 0.05) is 12.6 Å². The van der Waals surface area contributed by atoms with Gasteiger partial charge in [0.1, 0.15) is 0 Å². The average molecular weight is 253 g/mol. The fourth-order valence-electron chi connectivity index (χ4n) is 3.59. The minimum Gasteiger partial charge on any atom is -0.389 e. The van der Waals surface area contributed by atoms with Gasteiger partial charge in [-0.25, -0.2) is 0 Å². The fourth-order valence-corrected chi connectivity index (χ4v) is 3.59. The third-order valence-corrected chi connectivity index (χ3v) is 5.01. The molecule has 2 aliphatic rings. The quantitative estimate of drug-likeness (QED) is 0.753. The minimum absolute atomic E-state index is 0.408. The van der Waals surface area contributed by atoms with Crippen LogP contribution in [0.25, 0.3) is 0 Å². The van der Waals surface area contributed by atoms with Crippen molar-refractivity contribution in [1.82, 2.24) is 5.32 Å². The largest absolute Gasteiger partial charge is 0.389 e. The van der Waals surface area contributed by atoms with E-state index in [1.807, 2.05) is 0 Å². The molecule has 2 saturated carbocycles. The average Bonchev–Trinajstić information content (AvgIpc) is 2.68. The standard InChI is InChI=1S/C16H31NO/c1-14-7-6-8-15(10-9-14)17-13-16(18)11-4-2-3-5-12-16/h14-15,17-18H,2-13H2,1H3. The summed E-state index contributed by atoms with van der Waals surface area (Å²) in [5.74, 6) is 0.901. The van der Waals surface area contributed by atoms with Gasteiger partial charge in [0.05, 0.1) is 5.60 Å². The number of rotatable bonds is 3. The highest BCUT2D eigenvalue weighted by molar-refractivity contribution is 4.85. The second-order valence-electron chi connectivity index (χ2n) is 6.83. The van der Waals surface area contributed by atoms with Crippen molar-refractivity contribution in [3.63, 3.8) is 0 Å². The molecule has 0 heterocycles. The van der Waals surface area contributed by atoms with Gasteiger partial charge in [-0.2, -0.15) is 0 Å². The number of aliphatic hydroxyl groups is 1. The summed E-state index contributed by atoms with van der Waals surface area (Å²) in [5, 5.41) is 14.3. The lowest BCUT2D eigenvalue weighted by Gasteiger charge is -2.29. The Morgan fingerprint density at radius 2 is 1.67 bits per heavy atom. The van der Waals surface area contributed by atoms with Crippen LogP contribution in [0.15, 0.2) is 0 Å². The number of hydrogen-bond donors (Lipinski definition) is 2. The molecule has 2 nitrogen and oxygen atoms in total. The van der Waals surface area contributed by atoms with Crippen LogP contribution in [0.2, 0.25) is 0 Å². The van der Waals surface area contributed by atoms with Gasteiger partial charge in [0.15, 0.2) is 0 Å². The van der Waals surface area contributed by atoms with Crippen LogP contribution in [0.3, 0.4) is 0 Å². The van der Waals surface area contributed by atoms with Gasteiger partial charge in [0.2, 0.25) is 0 Å². The highest BCUT2D eigenvalue weighted by Crippen LogP contribution is 2.27. The Bertz CT molecular complexity index is 233. The first kappa shape index (κ1) is 14.3. The molecule has 106 valence electrons. The van der Waals surface area contributed by atoms with E-state index < -0.39 is 5.60 Å². The molecule has 2 unspecified atom stereocenters. The molecule has 0 amide bonds. The van der Waals surface area contributed by atoms with E-state index in [1.54, 1.807) is 0 Å². The van der Waals surface area contributed by atoms with Gasteiger partial charge in [-0.1, -0.05) is 45.4 Å². The third kappa shape index (κ3) is 4.55. The second-order valence-corrected chi connectivity index (χ2v) is 6.83. The number of hydrogen-bond acceptors (Lipinski definition) is 2. The maximum absolute atomic E-state index is 10.6. The molecule has 0 radical (unpaired) electrons. The van der Waals surface area contributed by atoms with Gasteiger partial charge in [-0.15, -0.1) is 0 Å². The number of nitrogens with one attached hydrogen (secondary N) is 1. The molecule has 2 atom stereocenters. The van der Waals surface area contributed by atoms with Crippen molar-refractivity contribution >= 4 is 0 Å². The van der Waals surface area contributed by atoms with Crippen molar-refractivity contribution < 1.29 is 5.11 Å². The predicted molar refractivity (Wildman–Crippen MR) is 76.7 cm³/mol. The zero-order chi connectivity index (χ0) is 12.8. The molecule has 2 rings (SSSR count). The van der Waals surface area contributed by atoms with E-state index in [4.69, 9.17) is 0 Å². The molecule has 0 saturated heterocycles. The van der Waals surface area contributed by atoms with Crippen molar-refractivity contribution in [2.75, 3.05) is 6.54 Å². The lowest BCUT2D eigenvalue weighted by Crippen LogP contribution is -2.44. The summed E-state index contributed by atoms with van der Waals surface area (Å²) in [7, 11) is 0. The minimum atomic E-state index is -0.408. The van der Waals surface area contributed by atoms with Crippen LogP contribution in [0.1, 0.15) is 77.6 Å². The zero-order valence-corrected chi connectivity index (χ0v) is 12.1. The van der Waals surface area contributed by atoms with Crippen LogP contribution < -0.4 is 5.32 Å². The maximum Gasteiger partial charge on any atom is 0.0771 e. The van der Waals surface area contributed by atoms with E-state index in [1.165, 1.54) is 57.8 Å². The first-order chi connectivity index (χ1) is 8.68. The summed E-state index contributed by atoms with van der Waals surface area (Å²) < 4.78 is 0. The Labute approximate surface area is 113 Å². The fraction of sp³-hybridized carbons (Fsp3) is 1.00. The molecule has 2 heteroatoms. The highest BCUT2D eigenvalue weighted by Gasteiger charge is 2.28. The Kier molecular flexibility index (Phi) is 5.50. The van der Waals surface area contributed by atoms with E-state index in [0.29, 0.717) is 6.04 Å². The third-order valence-electron chi connectivity index (χ3n) is 5.01. The van der Waals surface area contributed by atoms with Crippen LogP contribution in [0.5, 0.6) is 0 Å². The van der Waals surface area contributed by atoms with E-state index in [-0.39, 0.29) is 0 Å². The highest BCUT2D eigenvalue weighted by atomic mass is 16.3. The maximum atomic E-state index is 10.6. The Morgan fingerprint density at radius 1 is 0.944 bits per heavy atom. The van der Waals surface area contributed by atoms with Crippen LogP contribution in [0, 0.1) is 5.92 Å². The summed E-state index contributed by atoms with van der Waals surface area (Å²) in [6, 6.07) is 0.655. The van der Waals surface area contributed by atoms with E-state index >= 15 is 0 Å². The summed E-state index contributed by atoms with van der Waals surface area (Å²) in [5.41, 5.74) is -0.408. The molecule has 18 heavy (non-hydrogen) atoms. The van der Waals surface area contributed by atoms with Gasteiger partial charge in [-0.05, 0) is 38.0 Å². The van der Waals surface area contributed by atoms with Crippen molar-refractivity contribution in [2.24, 2.45) is 5.92 Å².